The molecule has 0 heterocycles. The largest absolute Gasteiger partial charge is 0.0816 e. The number of hydrogen-bond donors (Lipinski definition) is 0. The highest BCUT2D eigenvalue weighted by Gasteiger charge is 2.58. The molecule has 124 valence electrons. The number of allylic oxidation sites excluding steroid dienone is 2. The van der Waals surface area contributed by atoms with E-state index in [-0.39, 0.29) is 0 Å². The van der Waals surface area contributed by atoms with Crippen molar-refractivity contribution in [2.24, 2.45) is 46.3 Å². The predicted molar refractivity (Wildman–Crippen MR) is 94.6 cm³/mol. The van der Waals surface area contributed by atoms with Gasteiger partial charge in [-0.1, -0.05) is 46.3 Å². The summed E-state index contributed by atoms with van der Waals surface area (Å²) in [6, 6.07) is 0. The minimum atomic E-state index is 0.552. The van der Waals surface area contributed by atoms with E-state index in [0.29, 0.717) is 10.8 Å². The summed E-state index contributed by atoms with van der Waals surface area (Å²) >= 11 is 0. The molecule has 0 N–H and O–H groups in total. The molecule has 0 spiro atoms. The zero-order valence-corrected chi connectivity index (χ0v) is 15.5. The Hall–Kier alpha value is -0.260. The van der Waals surface area contributed by atoms with Gasteiger partial charge >= 0.3 is 0 Å². The molecule has 22 heavy (non-hydrogen) atoms. The summed E-state index contributed by atoms with van der Waals surface area (Å²) in [5, 5.41) is 0. The molecule has 4 aliphatic rings. The molecule has 4 unspecified atom stereocenters. The summed E-state index contributed by atoms with van der Waals surface area (Å²) in [4.78, 5) is 0. The van der Waals surface area contributed by atoms with Gasteiger partial charge in [0.25, 0.3) is 0 Å². The van der Waals surface area contributed by atoms with E-state index < -0.39 is 0 Å². The first-order valence-corrected chi connectivity index (χ1v) is 10.1. The van der Waals surface area contributed by atoms with Crippen LogP contribution >= 0.6 is 0 Å². The fourth-order valence-corrected chi connectivity index (χ4v) is 7.46. The normalized spacial score (nSPS) is 57.6. The Morgan fingerprint density at radius 2 is 1.68 bits per heavy atom. The molecule has 3 saturated carbocycles. The molecule has 0 aromatic heterocycles. The van der Waals surface area contributed by atoms with E-state index in [2.05, 4.69) is 40.7 Å². The zero-order chi connectivity index (χ0) is 15.7. The van der Waals surface area contributed by atoms with Gasteiger partial charge in [0.2, 0.25) is 0 Å². The van der Waals surface area contributed by atoms with E-state index in [1.54, 1.807) is 0 Å². The molecular formula is C22H36. The highest BCUT2D eigenvalue weighted by molar-refractivity contribution is 5.26. The van der Waals surface area contributed by atoms with Gasteiger partial charge in [-0.05, 0) is 91.3 Å². The molecule has 4 rings (SSSR count). The average Bonchev–Trinajstić information content (AvgIpc) is 2.77. The number of fused-ring (bicyclic) bond motifs is 5. The van der Waals surface area contributed by atoms with Crippen LogP contribution in [0, 0.1) is 46.3 Å². The van der Waals surface area contributed by atoms with Crippen LogP contribution in [0.4, 0.5) is 0 Å². The molecule has 0 nitrogen and oxygen atoms in total. The van der Waals surface area contributed by atoms with Gasteiger partial charge in [-0.15, -0.1) is 0 Å². The second-order valence-electron chi connectivity index (χ2n) is 10.1. The monoisotopic (exact) mass is 300 g/mol. The number of hydrogen-bond acceptors (Lipinski definition) is 0. The molecule has 0 bridgehead atoms. The van der Waals surface area contributed by atoms with E-state index in [0.717, 1.165) is 35.5 Å². The second kappa shape index (κ2) is 4.87. The van der Waals surface area contributed by atoms with Gasteiger partial charge in [0.05, 0.1) is 0 Å². The van der Waals surface area contributed by atoms with Crippen molar-refractivity contribution in [1.29, 1.82) is 0 Å². The Kier molecular flexibility index (Phi) is 3.38. The lowest BCUT2D eigenvalue weighted by Gasteiger charge is -2.59. The van der Waals surface area contributed by atoms with Crippen LogP contribution in [0.2, 0.25) is 0 Å². The Bertz CT molecular complexity index is 488. The van der Waals surface area contributed by atoms with Crippen molar-refractivity contribution in [3.63, 3.8) is 0 Å². The van der Waals surface area contributed by atoms with Crippen LogP contribution in [-0.4, -0.2) is 0 Å². The highest BCUT2D eigenvalue weighted by Crippen LogP contribution is 2.67. The summed E-state index contributed by atoms with van der Waals surface area (Å²) < 4.78 is 0. The van der Waals surface area contributed by atoms with Crippen molar-refractivity contribution in [3.8, 4) is 0 Å². The van der Waals surface area contributed by atoms with Gasteiger partial charge in [0.15, 0.2) is 0 Å². The summed E-state index contributed by atoms with van der Waals surface area (Å²) in [7, 11) is 0. The van der Waals surface area contributed by atoms with Crippen molar-refractivity contribution in [2.75, 3.05) is 0 Å². The third-order valence-electron chi connectivity index (χ3n) is 9.15. The van der Waals surface area contributed by atoms with Crippen LogP contribution in [0.1, 0.15) is 79.6 Å². The maximum atomic E-state index is 2.76. The molecule has 0 amide bonds. The lowest BCUT2D eigenvalue weighted by atomic mass is 9.45. The Balaban J connectivity index is 1.73. The number of rotatable bonds is 0. The van der Waals surface area contributed by atoms with E-state index in [1.807, 2.05) is 5.57 Å². The van der Waals surface area contributed by atoms with Crippen molar-refractivity contribution in [1.82, 2.24) is 0 Å². The van der Waals surface area contributed by atoms with Crippen LogP contribution in [0.25, 0.3) is 0 Å². The molecular weight excluding hydrogens is 264 g/mol. The molecule has 0 saturated heterocycles. The average molecular weight is 301 g/mol. The van der Waals surface area contributed by atoms with Crippen LogP contribution in [-0.2, 0) is 0 Å². The lowest BCUT2D eigenvalue weighted by molar-refractivity contribution is -0.0592. The highest BCUT2D eigenvalue weighted by atomic mass is 14.6. The maximum absolute atomic E-state index is 2.76. The molecule has 0 radical (unpaired) electrons. The second-order valence-corrected chi connectivity index (χ2v) is 10.1. The summed E-state index contributed by atoms with van der Waals surface area (Å²) in [5.74, 6) is 5.67. The van der Waals surface area contributed by atoms with Crippen LogP contribution in [0.3, 0.4) is 0 Å². The van der Waals surface area contributed by atoms with Gasteiger partial charge in [-0.25, -0.2) is 0 Å². The Morgan fingerprint density at radius 3 is 2.45 bits per heavy atom. The zero-order valence-electron chi connectivity index (χ0n) is 15.5. The predicted octanol–water partition coefficient (Wildman–Crippen LogP) is 6.47. The SMILES string of the molecule is CC1CC[C@@]2(C)C(=C[C@H](C)C3C2CC[C@@]2(C)C3CC[C@@H]2C)C1. The fourth-order valence-electron chi connectivity index (χ4n) is 7.46. The summed E-state index contributed by atoms with van der Waals surface area (Å²) in [5.41, 5.74) is 3.06. The van der Waals surface area contributed by atoms with E-state index in [9.17, 15) is 0 Å². The molecule has 0 aromatic rings. The standard InChI is InChI=1S/C22H36/c1-14-8-10-22(5)17(12-14)13-15(2)20-18-7-6-16(3)21(18,4)11-9-19(20)22/h13-16,18-20H,6-12H2,1-5H3/t14?,15-,16-,18?,19?,20?,21+,22-/m0/s1. The van der Waals surface area contributed by atoms with Crippen molar-refractivity contribution < 1.29 is 0 Å². The van der Waals surface area contributed by atoms with Crippen molar-refractivity contribution in [3.05, 3.63) is 11.6 Å². The van der Waals surface area contributed by atoms with Gasteiger partial charge in [0.1, 0.15) is 0 Å². The van der Waals surface area contributed by atoms with Crippen LogP contribution < -0.4 is 0 Å². The first kappa shape index (κ1) is 15.3. The van der Waals surface area contributed by atoms with Gasteiger partial charge < -0.3 is 0 Å². The molecule has 4 aliphatic carbocycles. The Labute approximate surface area is 138 Å². The quantitative estimate of drug-likeness (QED) is 0.450. The van der Waals surface area contributed by atoms with Crippen molar-refractivity contribution >= 4 is 0 Å². The van der Waals surface area contributed by atoms with E-state index >= 15 is 0 Å². The van der Waals surface area contributed by atoms with Gasteiger partial charge in [-0.3, -0.25) is 0 Å². The topological polar surface area (TPSA) is 0 Å². The van der Waals surface area contributed by atoms with Gasteiger partial charge in [-0.2, -0.15) is 0 Å². The first-order valence-electron chi connectivity index (χ1n) is 10.1. The minimum Gasteiger partial charge on any atom is -0.0816 e. The smallest absolute Gasteiger partial charge is 0.00849 e. The molecule has 0 aromatic carbocycles. The maximum Gasteiger partial charge on any atom is -0.00849 e. The molecule has 8 atom stereocenters. The molecule has 3 fully saturated rings. The third-order valence-corrected chi connectivity index (χ3v) is 9.15. The van der Waals surface area contributed by atoms with E-state index in [4.69, 9.17) is 0 Å². The summed E-state index contributed by atoms with van der Waals surface area (Å²) in [6.07, 6.45) is 13.1. The molecule has 0 aliphatic heterocycles. The first-order chi connectivity index (χ1) is 10.4. The third kappa shape index (κ3) is 1.88. The fraction of sp³-hybridized carbons (Fsp3) is 0.909. The van der Waals surface area contributed by atoms with E-state index in [1.165, 1.54) is 44.9 Å². The summed E-state index contributed by atoms with van der Waals surface area (Å²) in [6.45, 7) is 12.9. The molecule has 0 heteroatoms. The lowest BCUT2D eigenvalue weighted by Crippen LogP contribution is -2.52. The van der Waals surface area contributed by atoms with Gasteiger partial charge in [0, 0.05) is 0 Å². The van der Waals surface area contributed by atoms with Crippen LogP contribution in [0.5, 0.6) is 0 Å². The minimum absolute atomic E-state index is 0.552. The van der Waals surface area contributed by atoms with Crippen molar-refractivity contribution in [2.45, 2.75) is 79.6 Å². The Morgan fingerprint density at radius 1 is 0.909 bits per heavy atom. The van der Waals surface area contributed by atoms with Crippen LogP contribution in [0.15, 0.2) is 11.6 Å².